The van der Waals surface area contributed by atoms with Gasteiger partial charge < -0.3 is 31.8 Å². The van der Waals surface area contributed by atoms with Crippen molar-refractivity contribution in [2.45, 2.75) is 75.7 Å². The normalized spacial score (nSPS) is 24.3. The summed E-state index contributed by atoms with van der Waals surface area (Å²) in [6.07, 6.45) is 10.4. The number of hydrogen-bond acceptors (Lipinski definition) is 11. The summed E-state index contributed by atoms with van der Waals surface area (Å²) in [5.41, 5.74) is 5.66. The van der Waals surface area contributed by atoms with Crippen molar-refractivity contribution in [1.29, 1.82) is 5.41 Å². The van der Waals surface area contributed by atoms with E-state index in [0.717, 1.165) is 80.6 Å². The lowest BCUT2D eigenvalue weighted by Crippen LogP contribution is -2.53. The van der Waals surface area contributed by atoms with Gasteiger partial charge in [0, 0.05) is 65.5 Å². The molecule has 2 unspecified atom stereocenters. The molecule has 3 aromatic rings. The smallest absolute Gasteiger partial charge is 0.257 e. The number of aromatic nitrogens is 2. The van der Waals surface area contributed by atoms with Gasteiger partial charge in [-0.15, -0.1) is 0 Å². The van der Waals surface area contributed by atoms with Crippen LogP contribution in [0.3, 0.4) is 0 Å². The second-order valence-corrected chi connectivity index (χ2v) is 13.5. The van der Waals surface area contributed by atoms with Crippen LogP contribution in [-0.2, 0) is 9.59 Å². The van der Waals surface area contributed by atoms with Gasteiger partial charge in [-0.05, 0) is 94.3 Å². The number of nitrogens with one attached hydrogen (secondary N) is 6. The first-order valence-corrected chi connectivity index (χ1v) is 17.3. The van der Waals surface area contributed by atoms with Crippen molar-refractivity contribution in [3.8, 4) is 0 Å². The van der Waals surface area contributed by atoms with Gasteiger partial charge in [0.2, 0.25) is 11.8 Å². The molecule has 3 fully saturated rings. The molecule has 4 heterocycles. The highest BCUT2D eigenvalue weighted by atomic mass is 16.3. The number of benzene rings is 2. The molecular weight excluding hydrogens is 622 g/mol. The van der Waals surface area contributed by atoms with Crippen molar-refractivity contribution >= 4 is 51.9 Å². The van der Waals surface area contributed by atoms with E-state index in [1.165, 1.54) is 11.1 Å². The molecule has 0 bridgehead atoms. The number of fused-ring (bicyclic) bond motifs is 2. The van der Waals surface area contributed by atoms with E-state index in [2.05, 4.69) is 37.6 Å². The van der Waals surface area contributed by atoms with Crippen LogP contribution < -0.4 is 26.6 Å². The Morgan fingerprint density at radius 2 is 1.84 bits per heavy atom. The average molecular weight is 666 g/mol. The molecule has 1 saturated carbocycles. The van der Waals surface area contributed by atoms with E-state index in [9.17, 15) is 19.5 Å². The molecule has 3 aliphatic heterocycles. The predicted octanol–water partition coefficient (Wildman–Crippen LogP) is 3.30. The molecule has 256 valence electrons. The summed E-state index contributed by atoms with van der Waals surface area (Å²) < 4.78 is 0. The summed E-state index contributed by atoms with van der Waals surface area (Å²) in [5, 5.41) is 34.9. The van der Waals surface area contributed by atoms with E-state index in [0.29, 0.717) is 40.4 Å². The summed E-state index contributed by atoms with van der Waals surface area (Å²) in [7, 11) is 0. The second kappa shape index (κ2) is 14.3. The summed E-state index contributed by atoms with van der Waals surface area (Å²) in [5.74, 6) is -0.712. The molecule has 0 spiro atoms. The number of allylic oxidation sites excluding steroid dienone is 1. The fourth-order valence-corrected chi connectivity index (χ4v) is 7.31. The number of nitrogens with zero attached hydrogens (tertiary/aromatic N) is 3. The number of imide groups is 1. The van der Waals surface area contributed by atoms with Crippen molar-refractivity contribution in [1.82, 2.24) is 30.8 Å². The Morgan fingerprint density at radius 1 is 1.02 bits per heavy atom. The van der Waals surface area contributed by atoms with E-state index in [4.69, 9.17) is 10.4 Å². The molecule has 2 atom stereocenters. The first-order valence-electron chi connectivity index (χ1n) is 17.3. The fourth-order valence-electron chi connectivity index (χ4n) is 7.31. The van der Waals surface area contributed by atoms with Gasteiger partial charge in [0.05, 0.1) is 22.9 Å². The molecule has 2 aromatic carbocycles. The molecular formula is C36H43N9O4. The molecule has 49 heavy (non-hydrogen) atoms. The Bertz CT molecular complexity index is 1780. The molecule has 4 aliphatic rings. The van der Waals surface area contributed by atoms with E-state index < -0.39 is 24.1 Å². The van der Waals surface area contributed by atoms with Crippen LogP contribution in [-0.4, -0.2) is 81.7 Å². The highest BCUT2D eigenvalue weighted by Gasteiger charge is 2.44. The van der Waals surface area contributed by atoms with E-state index in [1.54, 1.807) is 18.3 Å². The summed E-state index contributed by atoms with van der Waals surface area (Å²) in [4.78, 5) is 47.6. The van der Waals surface area contributed by atoms with Gasteiger partial charge in [-0.25, -0.2) is 4.98 Å². The van der Waals surface area contributed by atoms with Gasteiger partial charge >= 0.3 is 0 Å². The average Bonchev–Trinajstić information content (AvgIpc) is 3.33. The Labute approximate surface area is 284 Å². The molecule has 1 aromatic heterocycles. The van der Waals surface area contributed by atoms with Crippen LogP contribution in [0.4, 0.5) is 11.4 Å². The number of aliphatic hydroxyl groups is 1. The van der Waals surface area contributed by atoms with Gasteiger partial charge in [-0.3, -0.25) is 29.6 Å². The third-order valence-corrected chi connectivity index (χ3v) is 10.1. The highest BCUT2D eigenvalue weighted by molar-refractivity contribution is 6.08. The van der Waals surface area contributed by atoms with Crippen molar-refractivity contribution in [3.05, 3.63) is 65.6 Å². The fraction of sp³-hybridized carbons (Fsp3) is 0.444. The van der Waals surface area contributed by atoms with Crippen LogP contribution in [0, 0.1) is 11.3 Å². The van der Waals surface area contributed by atoms with Gasteiger partial charge in [-0.2, -0.15) is 0 Å². The Balaban J connectivity index is 0.860. The SMILES string of the molecule is N=C/C(=C\NC1CC(CCCNc2ccc3c(c2)C(=O)N(C2CCC(=O)NC2=O)C3O)C1)c1cnc2ccc(NC3CCNCC3)cc2n1. The zero-order valence-corrected chi connectivity index (χ0v) is 27.4. The van der Waals surface area contributed by atoms with E-state index in [-0.39, 0.29) is 18.7 Å². The monoisotopic (exact) mass is 665 g/mol. The second-order valence-electron chi connectivity index (χ2n) is 13.5. The van der Waals surface area contributed by atoms with E-state index in [1.807, 2.05) is 24.4 Å². The van der Waals surface area contributed by atoms with Gasteiger partial charge in [0.15, 0.2) is 6.23 Å². The van der Waals surface area contributed by atoms with Crippen molar-refractivity contribution in [2.75, 3.05) is 30.3 Å². The standard InChI is InChI=1S/C36H43N9O4/c37-18-22(31-20-41-29-6-4-25(17-30(29)43-31)42-23-9-12-38-13-10-23)19-40-26-14-21(15-26)2-1-11-39-24-3-5-27-28(16-24)36(49)45(35(27)48)32-7-8-33(46)44-34(32)47/h3-6,16-21,23,26,32,35,37-40,42,48H,1-2,7-15H2,(H,44,46,47)/b22-19+,37-18?. The van der Waals surface area contributed by atoms with Crippen molar-refractivity contribution in [3.63, 3.8) is 0 Å². The van der Waals surface area contributed by atoms with Crippen LogP contribution in [0.15, 0.2) is 48.8 Å². The molecule has 7 rings (SSSR count). The third kappa shape index (κ3) is 7.13. The number of carbonyl (C=O) groups is 3. The van der Waals surface area contributed by atoms with Gasteiger partial charge in [-0.1, -0.05) is 6.07 Å². The maximum Gasteiger partial charge on any atom is 0.257 e. The third-order valence-electron chi connectivity index (χ3n) is 10.1. The summed E-state index contributed by atoms with van der Waals surface area (Å²) in [6, 6.07) is 11.3. The van der Waals surface area contributed by atoms with Crippen molar-refractivity contribution < 1.29 is 19.5 Å². The van der Waals surface area contributed by atoms with Crippen LogP contribution in [0.2, 0.25) is 0 Å². The van der Waals surface area contributed by atoms with Crippen LogP contribution in [0.25, 0.3) is 16.6 Å². The number of rotatable bonds is 12. The Kier molecular flexibility index (Phi) is 9.54. The molecule has 7 N–H and O–H groups in total. The number of anilines is 2. The Hall–Kier alpha value is -4.88. The minimum Gasteiger partial charge on any atom is -0.388 e. The number of carbonyl (C=O) groups excluding carboxylic acids is 3. The number of amides is 3. The lowest BCUT2D eigenvalue weighted by atomic mass is 9.77. The topological polar surface area (TPSA) is 184 Å². The maximum absolute atomic E-state index is 13.1. The minimum absolute atomic E-state index is 0.133. The van der Waals surface area contributed by atoms with E-state index >= 15 is 0 Å². The zero-order valence-electron chi connectivity index (χ0n) is 27.4. The first kappa shape index (κ1) is 32.7. The largest absolute Gasteiger partial charge is 0.388 e. The predicted molar refractivity (Wildman–Crippen MR) is 187 cm³/mol. The minimum atomic E-state index is -1.22. The van der Waals surface area contributed by atoms with Gasteiger partial charge in [0.25, 0.3) is 5.91 Å². The lowest BCUT2D eigenvalue weighted by molar-refractivity contribution is -0.139. The quantitative estimate of drug-likeness (QED) is 0.0861. The van der Waals surface area contributed by atoms with Crippen LogP contribution in [0.5, 0.6) is 0 Å². The van der Waals surface area contributed by atoms with Crippen LogP contribution in [0.1, 0.15) is 79.2 Å². The highest BCUT2D eigenvalue weighted by Crippen LogP contribution is 2.37. The zero-order chi connectivity index (χ0) is 33.9. The molecule has 2 saturated heterocycles. The first-order chi connectivity index (χ1) is 23.9. The Morgan fingerprint density at radius 3 is 2.63 bits per heavy atom. The number of aliphatic hydroxyl groups excluding tert-OH is 1. The molecule has 0 radical (unpaired) electrons. The van der Waals surface area contributed by atoms with Crippen molar-refractivity contribution in [2.24, 2.45) is 5.92 Å². The van der Waals surface area contributed by atoms with Crippen LogP contribution >= 0.6 is 0 Å². The molecule has 13 heteroatoms. The summed E-state index contributed by atoms with van der Waals surface area (Å²) >= 11 is 0. The number of hydrogen-bond donors (Lipinski definition) is 7. The molecule has 13 nitrogen and oxygen atoms in total. The number of piperidine rings is 2. The summed E-state index contributed by atoms with van der Waals surface area (Å²) in [6.45, 7) is 2.80. The lowest BCUT2D eigenvalue weighted by Gasteiger charge is -2.36. The maximum atomic E-state index is 13.1. The molecule has 3 amide bonds. The molecule has 1 aliphatic carbocycles. The van der Waals surface area contributed by atoms with Gasteiger partial charge in [0.1, 0.15) is 6.04 Å².